The van der Waals surface area contributed by atoms with Crippen LogP contribution in [0.4, 0.5) is 11.5 Å². The first kappa shape index (κ1) is 11.9. The normalized spacial score (nSPS) is 10.2. The molecule has 0 saturated heterocycles. The zero-order chi connectivity index (χ0) is 12.3. The minimum atomic E-state index is 0.751. The van der Waals surface area contributed by atoms with Crippen molar-refractivity contribution >= 4 is 27.4 Å². The Labute approximate surface area is 109 Å². The number of benzene rings is 1. The number of rotatable bonds is 3. The van der Waals surface area contributed by atoms with E-state index in [1.807, 2.05) is 43.4 Å². The van der Waals surface area contributed by atoms with Crippen LogP contribution in [0.5, 0.6) is 0 Å². The molecular formula is C13H14BrN3. The van der Waals surface area contributed by atoms with E-state index < -0.39 is 0 Å². The Hall–Kier alpha value is -1.55. The van der Waals surface area contributed by atoms with Crippen molar-refractivity contribution in [1.29, 1.82) is 0 Å². The minimum absolute atomic E-state index is 0.751. The molecule has 88 valence electrons. The van der Waals surface area contributed by atoms with Crippen molar-refractivity contribution in [2.75, 3.05) is 17.7 Å². The van der Waals surface area contributed by atoms with Gasteiger partial charge in [-0.3, -0.25) is 0 Å². The third kappa shape index (κ3) is 2.97. The fraction of sp³-hybridized carbons (Fsp3) is 0.154. The predicted molar refractivity (Wildman–Crippen MR) is 74.9 cm³/mol. The van der Waals surface area contributed by atoms with Gasteiger partial charge in [0, 0.05) is 29.9 Å². The molecule has 17 heavy (non-hydrogen) atoms. The van der Waals surface area contributed by atoms with E-state index in [0.717, 1.165) is 28.1 Å². The molecule has 1 heterocycles. The van der Waals surface area contributed by atoms with E-state index in [-0.39, 0.29) is 0 Å². The summed E-state index contributed by atoms with van der Waals surface area (Å²) in [5.74, 6) is 0.927. The Morgan fingerprint density at radius 3 is 2.65 bits per heavy atom. The van der Waals surface area contributed by atoms with Crippen LogP contribution in [0.15, 0.2) is 47.1 Å². The molecule has 2 N–H and O–H groups in total. The number of anilines is 2. The van der Waals surface area contributed by atoms with Crippen LogP contribution in [0.1, 0.15) is 5.56 Å². The van der Waals surface area contributed by atoms with Crippen molar-refractivity contribution in [2.24, 2.45) is 0 Å². The maximum Gasteiger partial charge on any atom is 0.128 e. The number of nitrogens with zero attached hydrogens (tertiary/aromatic N) is 2. The molecule has 1 aromatic carbocycles. The zero-order valence-electron chi connectivity index (χ0n) is 9.60. The van der Waals surface area contributed by atoms with Gasteiger partial charge in [-0.1, -0.05) is 18.2 Å². The summed E-state index contributed by atoms with van der Waals surface area (Å²) in [6.45, 7) is 0.751. The third-order valence-electron chi connectivity index (χ3n) is 2.57. The van der Waals surface area contributed by atoms with Crippen LogP contribution in [0.25, 0.3) is 0 Å². The van der Waals surface area contributed by atoms with E-state index >= 15 is 0 Å². The van der Waals surface area contributed by atoms with Crippen molar-refractivity contribution in [3.05, 3.63) is 52.6 Å². The van der Waals surface area contributed by atoms with Gasteiger partial charge in [0.15, 0.2) is 0 Å². The van der Waals surface area contributed by atoms with E-state index in [9.17, 15) is 0 Å². The van der Waals surface area contributed by atoms with Gasteiger partial charge in [-0.2, -0.15) is 0 Å². The average molecular weight is 292 g/mol. The minimum Gasteiger partial charge on any atom is -0.398 e. The average Bonchev–Trinajstić information content (AvgIpc) is 2.33. The van der Waals surface area contributed by atoms with E-state index in [2.05, 4.69) is 25.8 Å². The van der Waals surface area contributed by atoms with Gasteiger partial charge in [0.05, 0.1) is 0 Å². The topological polar surface area (TPSA) is 42.1 Å². The highest BCUT2D eigenvalue weighted by atomic mass is 79.9. The quantitative estimate of drug-likeness (QED) is 0.884. The molecule has 0 aliphatic heterocycles. The standard InChI is InChI=1S/C13H14BrN3/c1-17(13-7-6-11(14)8-16-13)9-10-4-2-3-5-12(10)15/h2-8H,9,15H2,1H3. The Balaban J connectivity index is 2.14. The number of hydrogen-bond donors (Lipinski definition) is 1. The highest BCUT2D eigenvalue weighted by molar-refractivity contribution is 9.10. The second-order valence-electron chi connectivity index (χ2n) is 3.89. The van der Waals surface area contributed by atoms with Crippen molar-refractivity contribution in [1.82, 2.24) is 4.98 Å². The second-order valence-corrected chi connectivity index (χ2v) is 4.81. The summed E-state index contributed by atoms with van der Waals surface area (Å²) in [6.07, 6.45) is 1.79. The Morgan fingerprint density at radius 1 is 1.24 bits per heavy atom. The molecule has 2 rings (SSSR count). The third-order valence-corrected chi connectivity index (χ3v) is 3.03. The number of pyridine rings is 1. The van der Waals surface area contributed by atoms with E-state index in [0.29, 0.717) is 0 Å². The van der Waals surface area contributed by atoms with Crippen LogP contribution >= 0.6 is 15.9 Å². The molecule has 0 unspecified atom stereocenters. The maximum absolute atomic E-state index is 5.92. The van der Waals surface area contributed by atoms with Crippen LogP contribution in [0, 0.1) is 0 Å². The lowest BCUT2D eigenvalue weighted by Gasteiger charge is -2.19. The van der Waals surface area contributed by atoms with E-state index in [4.69, 9.17) is 5.73 Å². The summed E-state index contributed by atoms with van der Waals surface area (Å²) in [5.41, 5.74) is 7.84. The lowest BCUT2D eigenvalue weighted by Crippen LogP contribution is -2.18. The van der Waals surface area contributed by atoms with Gasteiger partial charge in [-0.15, -0.1) is 0 Å². The maximum atomic E-state index is 5.92. The Kier molecular flexibility index (Phi) is 3.64. The lowest BCUT2D eigenvalue weighted by atomic mass is 10.2. The predicted octanol–water partition coefficient (Wildman–Crippen LogP) is 3.06. The summed E-state index contributed by atoms with van der Waals surface area (Å²) in [7, 11) is 2.00. The number of halogens is 1. The first-order chi connectivity index (χ1) is 8.16. The molecule has 0 aliphatic rings. The van der Waals surface area contributed by atoms with Crippen molar-refractivity contribution in [3.8, 4) is 0 Å². The molecule has 2 aromatic rings. The molecule has 0 spiro atoms. The van der Waals surface area contributed by atoms with Crippen LogP contribution in [0.2, 0.25) is 0 Å². The molecule has 0 fully saturated rings. The van der Waals surface area contributed by atoms with Crippen molar-refractivity contribution < 1.29 is 0 Å². The number of aromatic nitrogens is 1. The number of nitrogen functional groups attached to an aromatic ring is 1. The molecule has 0 bridgehead atoms. The Bertz CT molecular complexity index is 496. The molecule has 0 aliphatic carbocycles. The number of nitrogens with two attached hydrogens (primary N) is 1. The molecule has 0 atom stereocenters. The molecule has 4 heteroatoms. The SMILES string of the molecule is CN(Cc1ccccc1N)c1ccc(Br)cn1. The number of para-hydroxylation sites is 1. The van der Waals surface area contributed by atoms with Crippen LogP contribution in [0.3, 0.4) is 0 Å². The molecule has 0 radical (unpaired) electrons. The fourth-order valence-electron chi connectivity index (χ4n) is 1.61. The largest absolute Gasteiger partial charge is 0.398 e. The monoisotopic (exact) mass is 291 g/mol. The summed E-state index contributed by atoms with van der Waals surface area (Å²) in [4.78, 5) is 6.41. The Morgan fingerprint density at radius 2 is 2.00 bits per heavy atom. The summed E-state index contributed by atoms with van der Waals surface area (Å²) < 4.78 is 0.980. The van der Waals surface area contributed by atoms with Gasteiger partial charge >= 0.3 is 0 Å². The van der Waals surface area contributed by atoms with E-state index in [1.165, 1.54) is 0 Å². The molecule has 3 nitrogen and oxygen atoms in total. The van der Waals surface area contributed by atoms with Crippen LogP contribution in [-0.2, 0) is 6.54 Å². The first-order valence-electron chi connectivity index (χ1n) is 5.33. The smallest absolute Gasteiger partial charge is 0.128 e. The van der Waals surface area contributed by atoms with Gasteiger partial charge < -0.3 is 10.6 Å². The fourth-order valence-corrected chi connectivity index (χ4v) is 1.84. The molecular weight excluding hydrogens is 278 g/mol. The molecule has 0 saturated carbocycles. The number of hydrogen-bond acceptors (Lipinski definition) is 3. The lowest BCUT2D eigenvalue weighted by molar-refractivity contribution is 0.899. The highest BCUT2D eigenvalue weighted by Gasteiger charge is 2.05. The van der Waals surface area contributed by atoms with Gasteiger partial charge in [-0.05, 0) is 39.7 Å². The van der Waals surface area contributed by atoms with Gasteiger partial charge in [0.25, 0.3) is 0 Å². The van der Waals surface area contributed by atoms with Gasteiger partial charge in [0.2, 0.25) is 0 Å². The summed E-state index contributed by atoms with van der Waals surface area (Å²) >= 11 is 3.37. The van der Waals surface area contributed by atoms with E-state index in [1.54, 1.807) is 6.20 Å². The first-order valence-corrected chi connectivity index (χ1v) is 6.12. The van der Waals surface area contributed by atoms with Gasteiger partial charge in [0.1, 0.15) is 5.82 Å². The summed E-state index contributed by atoms with van der Waals surface area (Å²) in [5, 5.41) is 0. The molecule has 0 amide bonds. The van der Waals surface area contributed by atoms with Crippen LogP contribution < -0.4 is 10.6 Å². The zero-order valence-corrected chi connectivity index (χ0v) is 11.2. The molecule has 1 aromatic heterocycles. The van der Waals surface area contributed by atoms with Crippen molar-refractivity contribution in [2.45, 2.75) is 6.54 Å². The summed E-state index contributed by atoms with van der Waals surface area (Å²) in [6, 6.07) is 11.8. The van der Waals surface area contributed by atoms with Crippen LogP contribution in [-0.4, -0.2) is 12.0 Å². The second kappa shape index (κ2) is 5.19. The van der Waals surface area contributed by atoms with Crippen molar-refractivity contribution in [3.63, 3.8) is 0 Å². The highest BCUT2D eigenvalue weighted by Crippen LogP contribution is 2.18. The van der Waals surface area contributed by atoms with Gasteiger partial charge in [-0.25, -0.2) is 4.98 Å².